The van der Waals surface area contributed by atoms with E-state index in [2.05, 4.69) is 6.58 Å². The van der Waals surface area contributed by atoms with Crippen LogP contribution < -0.4 is 5.73 Å². The number of allylic oxidation sites excluding steroid dienone is 1. The first-order valence-electron chi connectivity index (χ1n) is 5.30. The number of hydrogen-bond acceptors (Lipinski definition) is 2. The van der Waals surface area contributed by atoms with Gasteiger partial charge in [-0.3, -0.25) is 4.79 Å². The largest absolute Gasteiger partial charge is 0.463 e. The highest BCUT2D eigenvalue weighted by atomic mass is 16.3. The number of nitrogens with zero attached hydrogens (tertiary/aromatic N) is 1. The van der Waals surface area contributed by atoms with E-state index in [9.17, 15) is 4.79 Å². The van der Waals surface area contributed by atoms with Crippen LogP contribution in [0.1, 0.15) is 16.1 Å². The van der Waals surface area contributed by atoms with E-state index >= 15 is 0 Å². The van der Waals surface area contributed by atoms with E-state index in [1.807, 2.05) is 17.6 Å². The van der Waals surface area contributed by atoms with Crippen LogP contribution in [0.5, 0.6) is 0 Å². The summed E-state index contributed by atoms with van der Waals surface area (Å²) in [7, 11) is 0. The highest BCUT2D eigenvalue weighted by Crippen LogP contribution is 2.26. The van der Waals surface area contributed by atoms with E-state index in [1.54, 1.807) is 24.5 Å². The molecule has 0 bridgehead atoms. The van der Waals surface area contributed by atoms with Crippen molar-refractivity contribution >= 4 is 5.91 Å². The molecule has 4 heteroatoms. The minimum atomic E-state index is -0.432. The van der Waals surface area contributed by atoms with Gasteiger partial charge in [0.15, 0.2) is 0 Å². The van der Waals surface area contributed by atoms with Crippen LogP contribution >= 0.6 is 0 Å². The van der Waals surface area contributed by atoms with Crippen LogP contribution in [-0.4, -0.2) is 10.5 Å². The van der Waals surface area contributed by atoms with E-state index in [4.69, 9.17) is 10.2 Å². The maximum atomic E-state index is 11.3. The van der Waals surface area contributed by atoms with Crippen molar-refractivity contribution in [3.63, 3.8) is 0 Å². The number of aromatic nitrogens is 1. The fourth-order valence-corrected chi connectivity index (χ4v) is 1.89. The number of hydrogen-bond donors (Lipinski definition) is 1. The average Bonchev–Trinajstić information content (AvgIpc) is 2.88. The zero-order valence-corrected chi connectivity index (χ0v) is 9.64. The van der Waals surface area contributed by atoms with Crippen LogP contribution in [0.15, 0.2) is 41.5 Å². The molecule has 2 N–H and O–H groups in total. The van der Waals surface area contributed by atoms with Crippen molar-refractivity contribution in [3.05, 3.63) is 48.4 Å². The lowest BCUT2D eigenvalue weighted by molar-refractivity contribution is 0.0999. The van der Waals surface area contributed by atoms with Gasteiger partial charge in [0.2, 0.25) is 0 Å². The van der Waals surface area contributed by atoms with E-state index in [1.165, 1.54) is 0 Å². The van der Waals surface area contributed by atoms with E-state index in [0.29, 0.717) is 17.9 Å². The topological polar surface area (TPSA) is 61.2 Å². The second-order valence-electron chi connectivity index (χ2n) is 3.77. The number of amides is 1. The number of nitrogens with two attached hydrogens (primary N) is 1. The molecule has 2 aromatic rings. The fourth-order valence-electron chi connectivity index (χ4n) is 1.89. The highest BCUT2D eigenvalue weighted by molar-refractivity contribution is 5.95. The molecule has 0 fully saturated rings. The van der Waals surface area contributed by atoms with E-state index in [0.717, 1.165) is 11.4 Å². The number of furan rings is 1. The normalized spacial score (nSPS) is 10.4. The number of primary amides is 1. The average molecular weight is 230 g/mol. The van der Waals surface area contributed by atoms with Gasteiger partial charge >= 0.3 is 0 Å². The molecule has 0 aliphatic heterocycles. The van der Waals surface area contributed by atoms with Crippen LogP contribution in [0.4, 0.5) is 0 Å². The molecule has 0 saturated carbocycles. The summed E-state index contributed by atoms with van der Waals surface area (Å²) in [5.74, 6) is 0.278. The maximum Gasteiger partial charge on any atom is 0.250 e. The minimum Gasteiger partial charge on any atom is -0.463 e. The Morgan fingerprint density at radius 1 is 1.65 bits per heavy atom. The molecule has 2 rings (SSSR count). The van der Waals surface area contributed by atoms with Gasteiger partial charge in [0, 0.05) is 12.2 Å². The molecule has 0 aromatic carbocycles. The molecule has 0 radical (unpaired) electrons. The fraction of sp³-hybridized carbons (Fsp3) is 0.154. The van der Waals surface area contributed by atoms with Gasteiger partial charge in [-0.05, 0) is 25.1 Å². The number of carbonyl (C=O) groups excluding carboxylic acids is 1. The van der Waals surface area contributed by atoms with Gasteiger partial charge in [0.1, 0.15) is 5.76 Å². The molecule has 4 nitrogen and oxygen atoms in total. The van der Waals surface area contributed by atoms with Crippen LogP contribution in [0.25, 0.3) is 11.5 Å². The van der Waals surface area contributed by atoms with Gasteiger partial charge in [-0.1, -0.05) is 6.08 Å². The summed E-state index contributed by atoms with van der Waals surface area (Å²) in [6, 6.07) is 5.40. The Labute approximate surface area is 99.3 Å². The SMILES string of the molecule is C=CCn1c(-c2ccco2)cc(C(N)=O)c1C. The Balaban J connectivity index is 2.61. The second kappa shape index (κ2) is 4.33. The van der Waals surface area contributed by atoms with Gasteiger partial charge in [-0.2, -0.15) is 0 Å². The molecular weight excluding hydrogens is 216 g/mol. The van der Waals surface area contributed by atoms with Crippen LogP contribution in [-0.2, 0) is 6.54 Å². The van der Waals surface area contributed by atoms with Crippen molar-refractivity contribution in [2.45, 2.75) is 13.5 Å². The molecule has 17 heavy (non-hydrogen) atoms. The molecule has 0 spiro atoms. The Hall–Kier alpha value is -2.23. The van der Waals surface area contributed by atoms with E-state index < -0.39 is 5.91 Å². The molecular formula is C13H14N2O2. The lowest BCUT2D eigenvalue weighted by Crippen LogP contribution is -2.12. The maximum absolute atomic E-state index is 11.3. The molecule has 1 amide bonds. The van der Waals surface area contributed by atoms with Crippen molar-refractivity contribution in [2.75, 3.05) is 0 Å². The summed E-state index contributed by atoms with van der Waals surface area (Å²) in [5.41, 5.74) is 7.51. The standard InChI is InChI=1S/C13H14N2O2/c1-3-6-15-9(2)10(13(14)16)8-11(15)12-5-4-7-17-12/h3-5,7-8H,1,6H2,2H3,(H2,14,16). The quantitative estimate of drug-likeness (QED) is 0.819. The Kier molecular flexibility index (Phi) is 2.87. The molecule has 0 aliphatic carbocycles. The van der Waals surface area contributed by atoms with Gasteiger partial charge in [-0.15, -0.1) is 6.58 Å². The summed E-state index contributed by atoms with van der Waals surface area (Å²) in [6.45, 7) is 6.17. The molecule has 2 heterocycles. The predicted molar refractivity (Wildman–Crippen MR) is 65.6 cm³/mol. The van der Waals surface area contributed by atoms with Gasteiger partial charge in [0.25, 0.3) is 5.91 Å². The molecule has 0 aliphatic rings. The zero-order valence-electron chi connectivity index (χ0n) is 9.64. The van der Waals surface area contributed by atoms with Crippen LogP contribution in [0.3, 0.4) is 0 Å². The van der Waals surface area contributed by atoms with Crippen LogP contribution in [0, 0.1) is 6.92 Å². The van der Waals surface area contributed by atoms with Gasteiger partial charge in [0.05, 0.1) is 17.5 Å². The lowest BCUT2D eigenvalue weighted by Gasteiger charge is -2.06. The lowest BCUT2D eigenvalue weighted by atomic mass is 10.2. The smallest absolute Gasteiger partial charge is 0.250 e. The number of rotatable bonds is 4. The molecule has 2 aromatic heterocycles. The first kappa shape index (κ1) is 11.3. The Morgan fingerprint density at radius 3 is 2.94 bits per heavy atom. The Morgan fingerprint density at radius 2 is 2.41 bits per heavy atom. The third kappa shape index (κ3) is 1.89. The van der Waals surface area contributed by atoms with E-state index in [-0.39, 0.29) is 0 Å². The molecule has 0 atom stereocenters. The highest BCUT2D eigenvalue weighted by Gasteiger charge is 2.17. The first-order valence-corrected chi connectivity index (χ1v) is 5.30. The van der Waals surface area contributed by atoms with Crippen molar-refractivity contribution < 1.29 is 9.21 Å². The van der Waals surface area contributed by atoms with Crippen LogP contribution in [0.2, 0.25) is 0 Å². The monoisotopic (exact) mass is 230 g/mol. The Bertz CT molecular complexity index is 550. The third-order valence-corrected chi connectivity index (χ3v) is 2.72. The van der Waals surface area contributed by atoms with Gasteiger partial charge in [-0.25, -0.2) is 0 Å². The summed E-state index contributed by atoms with van der Waals surface area (Å²) in [5, 5.41) is 0. The van der Waals surface area contributed by atoms with Crippen molar-refractivity contribution in [1.82, 2.24) is 4.57 Å². The van der Waals surface area contributed by atoms with Crippen molar-refractivity contribution in [2.24, 2.45) is 5.73 Å². The molecule has 0 saturated heterocycles. The van der Waals surface area contributed by atoms with Gasteiger partial charge < -0.3 is 14.7 Å². The zero-order chi connectivity index (χ0) is 12.4. The molecule has 88 valence electrons. The summed E-state index contributed by atoms with van der Waals surface area (Å²) >= 11 is 0. The van der Waals surface area contributed by atoms with Crippen molar-refractivity contribution in [1.29, 1.82) is 0 Å². The minimum absolute atomic E-state index is 0.432. The summed E-state index contributed by atoms with van der Waals surface area (Å²) < 4.78 is 7.30. The summed E-state index contributed by atoms with van der Waals surface area (Å²) in [6.07, 6.45) is 3.37. The van der Waals surface area contributed by atoms with Crippen molar-refractivity contribution in [3.8, 4) is 11.5 Å². The first-order chi connectivity index (χ1) is 8.15. The number of carbonyl (C=O) groups is 1. The molecule has 0 unspecified atom stereocenters. The third-order valence-electron chi connectivity index (χ3n) is 2.72. The summed E-state index contributed by atoms with van der Waals surface area (Å²) in [4.78, 5) is 11.3. The predicted octanol–water partition coefficient (Wildman–Crippen LogP) is 2.34. The second-order valence-corrected chi connectivity index (χ2v) is 3.77.